The van der Waals surface area contributed by atoms with E-state index >= 15 is 0 Å². The van der Waals surface area contributed by atoms with Crippen LogP contribution in [0.1, 0.15) is 0 Å². The van der Waals surface area contributed by atoms with Crippen molar-refractivity contribution in [2.45, 2.75) is 0 Å². The molecule has 0 fully saturated rings. The summed E-state index contributed by atoms with van der Waals surface area (Å²) in [4.78, 5) is 4.22. The van der Waals surface area contributed by atoms with Gasteiger partial charge in [0, 0.05) is 12.4 Å². The molecule has 0 unspecified atom stereocenters. The number of rotatable bonds is 1. The van der Waals surface area contributed by atoms with Crippen LogP contribution >= 0.6 is 11.6 Å². The average Bonchev–Trinajstić information content (AvgIpc) is 2.78. The molecule has 0 aliphatic carbocycles. The van der Waals surface area contributed by atoms with E-state index in [1.54, 1.807) is 11.4 Å². The number of benzene rings is 1. The molecule has 86 valence electrons. The second kappa shape index (κ2) is 3.53. The van der Waals surface area contributed by atoms with Gasteiger partial charge < -0.3 is 5.32 Å². The molecule has 0 saturated heterocycles. The fraction of sp³-hybridized carbons (Fsp3) is 0.100. The van der Waals surface area contributed by atoms with Gasteiger partial charge in [-0.2, -0.15) is 4.98 Å². The molecule has 2 heterocycles. The van der Waals surface area contributed by atoms with E-state index in [0.717, 1.165) is 0 Å². The van der Waals surface area contributed by atoms with Crippen molar-refractivity contribution in [1.82, 2.24) is 19.6 Å². The van der Waals surface area contributed by atoms with Crippen molar-refractivity contribution in [3.05, 3.63) is 29.3 Å². The Bertz CT molecular complexity index is 723. The highest BCUT2D eigenvalue weighted by Crippen LogP contribution is 2.27. The molecule has 0 radical (unpaired) electrons. The summed E-state index contributed by atoms with van der Waals surface area (Å²) in [5, 5.41) is 11.2. The third kappa shape index (κ3) is 1.41. The molecule has 0 saturated carbocycles. The molecule has 0 aliphatic rings. The van der Waals surface area contributed by atoms with Crippen molar-refractivity contribution in [2.75, 3.05) is 12.4 Å². The van der Waals surface area contributed by atoms with Crippen molar-refractivity contribution in [3.63, 3.8) is 0 Å². The van der Waals surface area contributed by atoms with Gasteiger partial charge >= 0.3 is 0 Å². The van der Waals surface area contributed by atoms with Crippen molar-refractivity contribution in [2.24, 2.45) is 0 Å². The normalized spacial score (nSPS) is 11.2. The summed E-state index contributed by atoms with van der Waals surface area (Å²) in [6.07, 6.45) is 1.51. The number of nitrogens with one attached hydrogen (secondary N) is 1. The van der Waals surface area contributed by atoms with Gasteiger partial charge in [-0.25, -0.2) is 4.39 Å². The molecule has 0 atom stereocenters. The minimum absolute atomic E-state index is 0.0563. The van der Waals surface area contributed by atoms with Gasteiger partial charge in [-0.15, -0.1) is 10.2 Å². The summed E-state index contributed by atoms with van der Waals surface area (Å²) in [6.45, 7) is 0. The Morgan fingerprint density at radius 1 is 1.41 bits per heavy atom. The van der Waals surface area contributed by atoms with Crippen LogP contribution in [-0.2, 0) is 0 Å². The first-order chi connectivity index (χ1) is 8.20. The van der Waals surface area contributed by atoms with Gasteiger partial charge in [0.15, 0.2) is 0 Å². The second-order valence-corrected chi connectivity index (χ2v) is 3.90. The summed E-state index contributed by atoms with van der Waals surface area (Å²) >= 11 is 5.78. The Hall–Kier alpha value is -1.95. The summed E-state index contributed by atoms with van der Waals surface area (Å²) in [7, 11) is 1.71. The Morgan fingerprint density at radius 2 is 2.24 bits per heavy atom. The third-order valence-corrected chi connectivity index (χ3v) is 2.82. The highest BCUT2D eigenvalue weighted by molar-refractivity contribution is 6.31. The highest BCUT2D eigenvalue weighted by atomic mass is 35.5. The average molecular weight is 252 g/mol. The lowest BCUT2D eigenvalue weighted by molar-refractivity contribution is 0.630. The largest absolute Gasteiger partial charge is 0.372 e. The lowest BCUT2D eigenvalue weighted by Crippen LogP contribution is -1.99. The molecule has 0 aliphatic heterocycles. The van der Waals surface area contributed by atoms with Crippen LogP contribution in [0, 0.1) is 5.82 Å². The summed E-state index contributed by atoms with van der Waals surface area (Å²) < 4.78 is 15.1. The number of hydrogen-bond acceptors (Lipinski definition) is 4. The molecule has 1 N–H and O–H groups in total. The van der Waals surface area contributed by atoms with E-state index in [2.05, 4.69) is 20.5 Å². The smallest absolute Gasteiger partial charge is 0.257 e. The predicted octanol–water partition coefficient (Wildman–Crippen LogP) is 2.11. The lowest BCUT2D eigenvalue weighted by atomic mass is 10.2. The molecule has 7 heteroatoms. The van der Waals surface area contributed by atoms with Crippen LogP contribution in [-0.4, -0.2) is 26.6 Å². The Morgan fingerprint density at radius 3 is 3.00 bits per heavy atom. The zero-order valence-corrected chi connectivity index (χ0v) is 9.53. The van der Waals surface area contributed by atoms with E-state index < -0.39 is 5.82 Å². The van der Waals surface area contributed by atoms with Crippen molar-refractivity contribution in [1.29, 1.82) is 0 Å². The van der Waals surface area contributed by atoms with E-state index in [1.807, 2.05) is 0 Å². The molecule has 0 amide bonds. The molecular formula is C10H7ClFN5. The molecule has 3 rings (SSSR count). The summed E-state index contributed by atoms with van der Waals surface area (Å²) in [5.74, 6) is 0.491. The third-order valence-electron chi connectivity index (χ3n) is 2.53. The molecule has 5 nitrogen and oxygen atoms in total. The molecule has 0 spiro atoms. The zero-order valence-electron chi connectivity index (χ0n) is 8.78. The zero-order chi connectivity index (χ0) is 12.0. The van der Waals surface area contributed by atoms with Gasteiger partial charge in [-0.05, 0) is 12.1 Å². The summed E-state index contributed by atoms with van der Waals surface area (Å²) in [5.41, 5.74) is 0.704. The first-order valence-electron chi connectivity index (χ1n) is 4.87. The Labute approximate surface area is 100 Å². The SMILES string of the molecule is CNc1nc2nncn2c2cc(Cl)c(F)cc12. The maximum atomic E-state index is 13.5. The van der Waals surface area contributed by atoms with Gasteiger partial charge in [0.05, 0.1) is 10.5 Å². The van der Waals surface area contributed by atoms with Crippen molar-refractivity contribution >= 4 is 34.1 Å². The monoisotopic (exact) mass is 251 g/mol. The molecule has 1 aromatic carbocycles. The fourth-order valence-electron chi connectivity index (χ4n) is 1.75. The van der Waals surface area contributed by atoms with Gasteiger partial charge in [0.1, 0.15) is 18.0 Å². The summed E-state index contributed by atoms with van der Waals surface area (Å²) in [6, 6.07) is 2.88. The van der Waals surface area contributed by atoms with Crippen molar-refractivity contribution in [3.8, 4) is 0 Å². The Balaban J connectivity index is 2.56. The highest BCUT2D eigenvalue weighted by Gasteiger charge is 2.11. The van der Waals surface area contributed by atoms with Crippen LogP contribution in [0.15, 0.2) is 18.5 Å². The quantitative estimate of drug-likeness (QED) is 0.720. The van der Waals surface area contributed by atoms with E-state index in [4.69, 9.17) is 11.6 Å². The van der Waals surface area contributed by atoms with Crippen LogP contribution in [0.4, 0.5) is 10.2 Å². The van der Waals surface area contributed by atoms with Crippen LogP contribution in [0.25, 0.3) is 16.7 Å². The van der Waals surface area contributed by atoms with E-state index in [0.29, 0.717) is 22.5 Å². The predicted molar refractivity (Wildman–Crippen MR) is 62.8 cm³/mol. The standard InChI is InChI=1S/C10H7ClFN5/c1-13-9-5-2-7(12)6(11)3-8(5)17-4-14-16-10(17)15-9/h2-4H,1H3,(H,13,15,16). The number of halogens is 2. The molecule has 17 heavy (non-hydrogen) atoms. The van der Waals surface area contributed by atoms with E-state index in [9.17, 15) is 4.39 Å². The number of fused-ring (bicyclic) bond motifs is 3. The number of anilines is 1. The van der Waals surface area contributed by atoms with Crippen LogP contribution in [0.2, 0.25) is 5.02 Å². The number of aromatic nitrogens is 4. The maximum Gasteiger partial charge on any atom is 0.257 e. The van der Waals surface area contributed by atoms with Crippen LogP contribution < -0.4 is 5.32 Å². The molecule has 0 bridgehead atoms. The lowest BCUT2D eigenvalue weighted by Gasteiger charge is -2.07. The number of nitrogens with zero attached hydrogens (tertiary/aromatic N) is 4. The molecule has 2 aromatic heterocycles. The van der Waals surface area contributed by atoms with Gasteiger partial charge in [0.25, 0.3) is 5.78 Å². The van der Waals surface area contributed by atoms with Gasteiger partial charge in [0.2, 0.25) is 0 Å². The first-order valence-corrected chi connectivity index (χ1v) is 5.25. The number of hydrogen-bond donors (Lipinski definition) is 1. The topological polar surface area (TPSA) is 55.1 Å². The molecule has 3 aromatic rings. The maximum absolute atomic E-state index is 13.5. The van der Waals surface area contributed by atoms with E-state index in [-0.39, 0.29) is 5.02 Å². The van der Waals surface area contributed by atoms with Gasteiger partial charge in [-0.3, -0.25) is 4.40 Å². The van der Waals surface area contributed by atoms with Gasteiger partial charge in [-0.1, -0.05) is 11.6 Å². The molecular weight excluding hydrogens is 245 g/mol. The minimum Gasteiger partial charge on any atom is -0.372 e. The van der Waals surface area contributed by atoms with Crippen molar-refractivity contribution < 1.29 is 4.39 Å². The van der Waals surface area contributed by atoms with E-state index in [1.165, 1.54) is 18.5 Å². The fourth-order valence-corrected chi connectivity index (χ4v) is 1.91. The minimum atomic E-state index is -0.482. The second-order valence-electron chi connectivity index (χ2n) is 3.49. The van der Waals surface area contributed by atoms with Crippen LogP contribution in [0.3, 0.4) is 0 Å². The Kier molecular flexibility index (Phi) is 2.12. The first kappa shape index (κ1) is 10.2. The van der Waals surface area contributed by atoms with Crippen LogP contribution in [0.5, 0.6) is 0 Å².